The highest BCUT2D eigenvalue weighted by atomic mass is 32.2. The Morgan fingerprint density at radius 1 is 1.12 bits per heavy atom. The Morgan fingerprint density at radius 3 is 2.42 bits per heavy atom. The first-order chi connectivity index (χ1) is 12.1. The van der Waals surface area contributed by atoms with Gasteiger partial charge in [0.05, 0.1) is 11.9 Å². The van der Waals surface area contributed by atoms with Gasteiger partial charge in [0, 0.05) is 22.4 Å². The standard InChI is InChI=1S/C19H26N2O3S2/c1-19(2,3)25-13-12-20-18(22)14-21(26(4,23)24)17-11-7-9-15-8-5-6-10-16(15)17/h5-11H,12-14H2,1-4H3,(H,20,22). The number of hydrogen-bond acceptors (Lipinski definition) is 4. The number of thioether (sulfide) groups is 1. The van der Waals surface area contributed by atoms with E-state index in [-0.39, 0.29) is 17.2 Å². The molecule has 1 N–H and O–H groups in total. The van der Waals surface area contributed by atoms with Gasteiger partial charge in [0.2, 0.25) is 15.9 Å². The van der Waals surface area contributed by atoms with Crippen LogP contribution in [0.25, 0.3) is 10.8 Å². The van der Waals surface area contributed by atoms with E-state index >= 15 is 0 Å². The predicted octanol–water partition coefficient (Wildman–Crippen LogP) is 3.25. The first kappa shape index (κ1) is 20.6. The van der Waals surface area contributed by atoms with Crippen molar-refractivity contribution in [3.05, 3.63) is 42.5 Å². The maximum Gasteiger partial charge on any atom is 0.240 e. The molecule has 0 saturated heterocycles. The van der Waals surface area contributed by atoms with E-state index in [0.717, 1.165) is 22.8 Å². The third-order valence-corrected chi connectivity index (χ3v) is 6.08. The maximum absolute atomic E-state index is 12.3. The van der Waals surface area contributed by atoms with Gasteiger partial charge in [0.25, 0.3) is 0 Å². The summed E-state index contributed by atoms with van der Waals surface area (Å²) in [7, 11) is -3.59. The molecule has 2 aromatic carbocycles. The maximum atomic E-state index is 12.3. The van der Waals surface area contributed by atoms with Crippen molar-refractivity contribution < 1.29 is 13.2 Å². The van der Waals surface area contributed by atoms with E-state index in [1.807, 2.05) is 30.3 Å². The average Bonchev–Trinajstić information content (AvgIpc) is 2.54. The summed E-state index contributed by atoms with van der Waals surface area (Å²) in [5.74, 6) is 0.473. The molecular formula is C19H26N2O3S2. The molecule has 0 bridgehead atoms. The molecule has 0 unspecified atom stereocenters. The van der Waals surface area contributed by atoms with Gasteiger partial charge >= 0.3 is 0 Å². The Hall–Kier alpha value is -1.73. The Labute approximate surface area is 160 Å². The van der Waals surface area contributed by atoms with Crippen LogP contribution < -0.4 is 9.62 Å². The van der Waals surface area contributed by atoms with Crippen LogP contribution in [0.15, 0.2) is 42.5 Å². The van der Waals surface area contributed by atoms with Crippen molar-refractivity contribution >= 4 is 44.2 Å². The van der Waals surface area contributed by atoms with Gasteiger partial charge in [0.1, 0.15) is 6.54 Å². The molecule has 0 saturated carbocycles. The van der Waals surface area contributed by atoms with Crippen molar-refractivity contribution in [1.29, 1.82) is 0 Å². The SMILES string of the molecule is CC(C)(C)SCCNC(=O)CN(c1cccc2ccccc12)S(C)(=O)=O. The van der Waals surface area contributed by atoms with Crippen LogP contribution in [0, 0.1) is 0 Å². The monoisotopic (exact) mass is 394 g/mol. The van der Waals surface area contributed by atoms with Crippen LogP contribution in [-0.4, -0.2) is 44.2 Å². The molecule has 0 aliphatic carbocycles. The van der Waals surface area contributed by atoms with Crippen molar-refractivity contribution in [3.8, 4) is 0 Å². The normalized spacial score (nSPS) is 12.2. The third kappa shape index (κ3) is 5.92. The minimum atomic E-state index is -3.59. The lowest BCUT2D eigenvalue weighted by molar-refractivity contribution is -0.119. The van der Waals surface area contributed by atoms with E-state index in [4.69, 9.17) is 0 Å². The number of carbonyl (C=O) groups excluding carboxylic acids is 1. The van der Waals surface area contributed by atoms with E-state index in [1.165, 1.54) is 4.31 Å². The summed E-state index contributed by atoms with van der Waals surface area (Å²) < 4.78 is 25.9. The molecule has 7 heteroatoms. The van der Waals surface area contributed by atoms with Gasteiger partial charge in [-0.05, 0) is 11.5 Å². The molecule has 0 spiro atoms. The van der Waals surface area contributed by atoms with E-state index in [0.29, 0.717) is 12.2 Å². The van der Waals surface area contributed by atoms with Crippen LogP contribution in [0.5, 0.6) is 0 Å². The molecule has 2 rings (SSSR count). The fourth-order valence-corrected chi connectivity index (χ4v) is 4.23. The van der Waals surface area contributed by atoms with Crippen LogP contribution in [0.1, 0.15) is 20.8 Å². The fourth-order valence-electron chi connectivity index (χ4n) is 2.54. The predicted molar refractivity (Wildman–Crippen MR) is 111 cm³/mol. The quantitative estimate of drug-likeness (QED) is 0.732. The van der Waals surface area contributed by atoms with Gasteiger partial charge in [-0.15, -0.1) is 0 Å². The van der Waals surface area contributed by atoms with E-state index in [1.54, 1.807) is 23.9 Å². The summed E-state index contributed by atoms with van der Waals surface area (Å²) in [6, 6.07) is 13.0. The minimum Gasteiger partial charge on any atom is -0.354 e. The zero-order valence-electron chi connectivity index (χ0n) is 15.7. The largest absolute Gasteiger partial charge is 0.354 e. The molecule has 0 radical (unpaired) electrons. The smallest absolute Gasteiger partial charge is 0.240 e. The van der Waals surface area contributed by atoms with E-state index in [2.05, 4.69) is 26.1 Å². The van der Waals surface area contributed by atoms with Crippen LogP contribution in [-0.2, 0) is 14.8 Å². The highest BCUT2D eigenvalue weighted by Gasteiger charge is 2.22. The van der Waals surface area contributed by atoms with Crippen molar-refractivity contribution in [2.45, 2.75) is 25.5 Å². The van der Waals surface area contributed by atoms with Crippen LogP contribution in [0.4, 0.5) is 5.69 Å². The second-order valence-corrected chi connectivity index (χ2v) is 10.9. The highest BCUT2D eigenvalue weighted by Crippen LogP contribution is 2.28. The van der Waals surface area contributed by atoms with Gasteiger partial charge in [-0.25, -0.2) is 8.42 Å². The first-order valence-corrected chi connectivity index (χ1v) is 11.3. The lowest BCUT2D eigenvalue weighted by Gasteiger charge is -2.23. The van der Waals surface area contributed by atoms with Crippen molar-refractivity contribution in [1.82, 2.24) is 5.32 Å². The van der Waals surface area contributed by atoms with Gasteiger partial charge in [-0.3, -0.25) is 9.10 Å². The molecule has 2 aromatic rings. The second kappa shape index (κ2) is 8.31. The number of nitrogens with zero attached hydrogens (tertiary/aromatic N) is 1. The van der Waals surface area contributed by atoms with Crippen LogP contribution >= 0.6 is 11.8 Å². The van der Waals surface area contributed by atoms with Gasteiger partial charge in [-0.1, -0.05) is 57.2 Å². The first-order valence-electron chi connectivity index (χ1n) is 8.44. The zero-order chi connectivity index (χ0) is 19.4. The van der Waals surface area contributed by atoms with E-state index in [9.17, 15) is 13.2 Å². The second-order valence-electron chi connectivity index (χ2n) is 7.08. The Balaban J connectivity index is 2.15. The molecule has 142 valence electrons. The van der Waals surface area contributed by atoms with Crippen molar-refractivity contribution in [3.63, 3.8) is 0 Å². The van der Waals surface area contributed by atoms with Crippen molar-refractivity contribution in [2.75, 3.05) is 29.4 Å². The summed E-state index contributed by atoms with van der Waals surface area (Å²) in [5, 5.41) is 4.54. The Morgan fingerprint density at radius 2 is 1.77 bits per heavy atom. The summed E-state index contributed by atoms with van der Waals surface area (Å²) in [6.45, 7) is 6.63. The van der Waals surface area contributed by atoms with Crippen molar-refractivity contribution in [2.24, 2.45) is 0 Å². The lowest BCUT2D eigenvalue weighted by atomic mass is 10.1. The molecular weight excluding hydrogens is 368 g/mol. The molecule has 0 heterocycles. The molecule has 0 fully saturated rings. The Bertz CT molecular complexity index is 868. The highest BCUT2D eigenvalue weighted by molar-refractivity contribution is 8.00. The molecule has 0 aliphatic heterocycles. The lowest BCUT2D eigenvalue weighted by Crippen LogP contribution is -2.41. The molecule has 0 aliphatic rings. The summed E-state index contributed by atoms with van der Waals surface area (Å²) in [6.07, 6.45) is 1.12. The molecule has 1 amide bonds. The number of anilines is 1. The topological polar surface area (TPSA) is 66.5 Å². The minimum absolute atomic E-state index is 0.131. The number of nitrogens with one attached hydrogen (secondary N) is 1. The molecule has 26 heavy (non-hydrogen) atoms. The molecule has 0 atom stereocenters. The summed E-state index contributed by atoms with van der Waals surface area (Å²) in [5.41, 5.74) is 0.518. The number of sulfonamides is 1. The van der Waals surface area contributed by atoms with Crippen LogP contribution in [0.2, 0.25) is 0 Å². The summed E-state index contributed by atoms with van der Waals surface area (Å²) >= 11 is 1.75. The van der Waals surface area contributed by atoms with Gasteiger partial charge in [0.15, 0.2) is 0 Å². The number of fused-ring (bicyclic) bond motifs is 1. The number of hydrogen-bond donors (Lipinski definition) is 1. The number of rotatable bonds is 7. The van der Waals surface area contributed by atoms with Gasteiger partial charge in [-0.2, -0.15) is 11.8 Å². The van der Waals surface area contributed by atoms with E-state index < -0.39 is 10.0 Å². The number of benzene rings is 2. The summed E-state index contributed by atoms with van der Waals surface area (Å²) in [4.78, 5) is 12.3. The van der Waals surface area contributed by atoms with Crippen LogP contribution in [0.3, 0.4) is 0 Å². The molecule has 5 nitrogen and oxygen atoms in total. The fraction of sp³-hybridized carbons (Fsp3) is 0.421. The molecule has 0 aromatic heterocycles. The zero-order valence-corrected chi connectivity index (χ0v) is 17.3. The Kier molecular flexibility index (Phi) is 6.58. The number of amides is 1. The number of carbonyl (C=O) groups is 1. The van der Waals surface area contributed by atoms with Gasteiger partial charge < -0.3 is 5.32 Å². The average molecular weight is 395 g/mol. The third-order valence-electron chi connectivity index (χ3n) is 3.68.